The minimum absolute atomic E-state index is 0.00310. The van der Waals surface area contributed by atoms with Crippen LogP contribution < -0.4 is 10.6 Å². The number of carbonyl (C=O) groups is 1. The lowest BCUT2D eigenvalue weighted by Crippen LogP contribution is -2.25. The highest BCUT2D eigenvalue weighted by Crippen LogP contribution is 2.31. The Bertz CT molecular complexity index is 402. The molecule has 0 saturated heterocycles. The number of rotatable bonds is 7. The van der Waals surface area contributed by atoms with E-state index < -0.39 is 0 Å². The molecule has 0 aliphatic heterocycles. The van der Waals surface area contributed by atoms with Crippen LogP contribution in [0.25, 0.3) is 0 Å². The van der Waals surface area contributed by atoms with Crippen molar-refractivity contribution in [1.29, 1.82) is 0 Å². The Morgan fingerprint density at radius 2 is 2.28 bits per heavy atom. The first-order valence-electron chi connectivity index (χ1n) is 6.77. The zero-order chi connectivity index (χ0) is 12.8. The van der Waals surface area contributed by atoms with Crippen LogP contribution in [0.1, 0.15) is 43.0 Å². The van der Waals surface area contributed by atoms with Gasteiger partial charge in [-0.15, -0.1) is 0 Å². The molecule has 1 aromatic heterocycles. The normalized spacial score (nSPS) is 14.3. The first-order chi connectivity index (χ1) is 8.81. The first-order valence-corrected chi connectivity index (χ1v) is 6.77. The van der Waals surface area contributed by atoms with E-state index in [0.717, 1.165) is 37.5 Å². The van der Waals surface area contributed by atoms with Crippen LogP contribution in [0.15, 0.2) is 18.5 Å². The highest BCUT2D eigenvalue weighted by atomic mass is 16.1. The molecule has 1 aliphatic rings. The summed E-state index contributed by atoms with van der Waals surface area (Å²) in [6.45, 7) is 3.73. The van der Waals surface area contributed by atoms with Crippen LogP contribution >= 0.6 is 0 Å². The molecule has 0 unspecified atom stereocenters. The zero-order valence-corrected chi connectivity index (χ0v) is 10.9. The van der Waals surface area contributed by atoms with E-state index in [4.69, 9.17) is 0 Å². The van der Waals surface area contributed by atoms with Gasteiger partial charge >= 0.3 is 0 Å². The molecule has 1 aromatic rings. The van der Waals surface area contributed by atoms with E-state index in [1.54, 1.807) is 18.5 Å². The molecule has 0 spiro atoms. The summed E-state index contributed by atoms with van der Waals surface area (Å²) in [6.07, 6.45) is 8.16. The Morgan fingerprint density at radius 1 is 1.44 bits per heavy atom. The molecule has 4 heteroatoms. The van der Waals surface area contributed by atoms with Crippen LogP contribution in [0.3, 0.4) is 0 Å². The van der Waals surface area contributed by atoms with Gasteiger partial charge in [-0.2, -0.15) is 0 Å². The maximum Gasteiger partial charge on any atom is 0.253 e. The molecule has 2 rings (SSSR count). The largest absolute Gasteiger partial charge is 0.383 e. The predicted molar refractivity (Wildman–Crippen MR) is 72.7 cm³/mol. The standard InChI is InChI=1S/C14H21N3O/c1-2-7-16-13-10-15-8-6-12(13)14(18)17-9-5-11-3-4-11/h6,8,10-11,16H,2-5,7,9H2,1H3,(H,17,18). The van der Waals surface area contributed by atoms with E-state index in [2.05, 4.69) is 22.5 Å². The van der Waals surface area contributed by atoms with Crippen molar-refractivity contribution >= 4 is 11.6 Å². The van der Waals surface area contributed by atoms with Crippen molar-refractivity contribution in [2.45, 2.75) is 32.6 Å². The van der Waals surface area contributed by atoms with Gasteiger partial charge in [0, 0.05) is 19.3 Å². The molecule has 1 fully saturated rings. The summed E-state index contributed by atoms with van der Waals surface area (Å²) in [7, 11) is 0. The van der Waals surface area contributed by atoms with E-state index in [0.29, 0.717) is 5.56 Å². The lowest BCUT2D eigenvalue weighted by Gasteiger charge is -2.10. The molecular formula is C14H21N3O. The third kappa shape index (κ3) is 3.72. The van der Waals surface area contributed by atoms with Gasteiger partial charge in [0.05, 0.1) is 17.4 Å². The number of aromatic nitrogens is 1. The molecular weight excluding hydrogens is 226 g/mol. The SMILES string of the molecule is CCCNc1cnccc1C(=O)NCCC1CC1. The van der Waals surface area contributed by atoms with Crippen molar-refractivity contribution < 1.29 is 4.79 Å². The highest BCUT2D eigenvalue weighted by Gasteiger charge is 2.21. The van der Waals surface area contributed by atoms with Gasteiger partial charge in [-0.3, -0.25) is 9.78 Å². The summed E-state index contributed by atoms with van der Waals surface area (Å²) >= 11 is 0. The minimum atomic E-state index is -0.00310. The number of nitrogens with zero attached hydrogens (tertiary/aromatic N) is 1. The summed E-state index contributed by atoms with van der Waals surface area (Å²) in [5.74, 6) is 0.845. The minimum Gasteiger partial charge on any atom is -0.383 e. The van der Waals surface area contributed by atoms with Gasteiger partial charge in [0.2, 0.25) is 0 Å². The van der Waals surface area contributed by atoms with Crippen molar-refractivity contribution in [2.24, 2.45) is 5.92 Å². The second-order valence-electron chi connectivity index (χ2n) is 4.84. The second kappa shape index (κ2) is 6.38. The fourth-order valence-corrected chi connectivity index (χ4v) is 1.88. The van der Waals surface area contributed by atoms with Gasteiger partial charge in [0.1, 0.15) is 0 Å². The fraction of sp³-hybridized carbons (Fsp3) is 0.571. The van der Waals surface area contributed by atoms with Crippen LogP contribution in [-0.2, 0) is 0 Å². The third-order valence-corrected chi connectivity index (χ3v) is 3.17. The number of hydrogen-bond donors (Lipinski definition) is 2. The zero-order valence-electron chi connectivity index (χ0n) is 10.9. The van der Waals surface area contributed by atoms with Crippen molar-refractivity contribution in [3.63, 3.8) is 0 Å². The van der Waals surface area contributed by atoms with Crippen molar-refractivity contribution in [2.75, 3.05) is 18.4 Å². The summed E-state index contributed by atoms with van der Waals surface area (Å²) in [5.41, 5.74) is 1.51. The molecule has 0 radical (unpaired) electrons. The Kier molecular flexibility index (Phi) is 4.56. The maximum atomic E-state index is 12.1. The van der Waals surface area contributed by atoms with Crippen molar-refractivity contribution in [3.8, 4) is 0 Å². The summed E-state index contributed by atoms with van der Waals surface area (Å²) in [6, 6.07) is 1.77. The molecule has 98 valence electrons. The quantitative estimate of drug-likeness (QED) is 0.778. The molecule has 0 atom stereocenters. The van der Waals surface area contributed by atoms with E-state index in [-0.39, 0.29) is 5.91 Å². The van der Waals surface area contributed by atoms with Crippen LogP contribution in [-0.4, -0.2) is 24.0 Å². The average Bonchev–Trinajstić information content (AvgIpc) is 3.20. The van der Waals surface area contributed by atoms with Gasteiger partial charge < -0.3 is 10.6 Å². The molecule has 0 aromatic carbocycles. The molecule has 1 saturated carbocycles. The van der Waals surface area contributed by atoms with Crippen molar-refractivity contribution in [3.05, 3.63) is 24.0 Å². The van der Waals surface area contributed by atoms with Gasteiger partial charge in [-0.25, -0.2) is 0 Å². The number of nitrogens with one attached hydrogen (secondary N) is 2. The highest BCUT2D eigenvalue weighted by molar-refractivity contribution is 5.99. The number of hydrogen-bond acceptors (Lipinski definition) is 3. The maximum absolute atomic E-state index is 12.1. The second-order valence-corrected chi connectivity index (χ2v) is 4.84. The van der Waals surface area contributed by atoms with E-state index in [1.807, 2.05) is 0 Å². The van der Waals surface area contributed by atoms with E-state index in [1.165, 1.54) is 12.8 Å². The molecule has 1 amide bonds. The third-order valence-electron chi connectivity index (χ3n) is 3.17. The van der Waals surface area contributed by atoms with Gasteiger partial charge in [-0.1, -0.05) is 19.8 Å². The lowest BCUT2D eigenvalue weighted by atomic mass is 10.2. The van der Waals surface area contributed by atoms with E-state index in [9.17, 15) is 4.79 Å². The van der Waals surface area contributed by atoms with Gasteiger partial charge in [0.25, 0.3) is 5.91 Å². The molecule has 4 nitrogen and oxygen atoms in total. The van der Waals surface area contributed by atoms with Gasteiger partial charge in [0.15, 0.2) is 0 Å². The number of pyridine rings is 1. The Morgan fingerprint density at radius 3 is 3.00 bits per heavy atom. The Labute approximate surface area is 108 Å². The molecule has 2 N–H and O–H groups in total. The van der Waals surface area contributed by atoms with Crippen LogP contribution in [0.2, 0.25) is 0 Å². The van der Waals surface area contributed by atoms with Crippen molar-refractivity contribution in [1.82, 2.24) is 10.3 Å². The molecule has 1 heterocycles. The molecule has 0 bridgehead atoms. The topological polar surface area (TPSA) is 54.0 Å². The lowest BCUT2D eigenvalue weighted by molar-refractivity contribution is 0.0953. The van der Waals surface area contributed by atoms with E-state index >= 15 is 0 Å². The van der Waals surface area contributed by atoms with Crippen LogP contribution in [0.4, 0.5) is 5.69 Å². The average molecular weight is 247 g/mol. The smallest absolute Gasteiger partial charge is 0.253 e. The van der Waals surface area contributed by atoms with Crippen LogP contribution in [0, 0.1) is 5.92 Å². The summed E-state index contributed by atoms with van der Waals surface area (Å²) in [4.78, 5) is 16.1. The number of carbonyl (C=O) groups excluding carboxylic acids is 1. The van der Waals surface area contributed by atoms with Gasteiger partial charge in [-0.05, 0) is 24.8 Å². The van der Waals surface area contributed by atoms with Crippen LogP contribution in [0.5, 0.6) is 0 Å². The fourth-order valence-electron chi connectivity index (χ4n) is 1.88. The molecule has 1 aliphatic carbocycles. The molecule has 18 heavy (non-hydrogen) atoms. The first kappa shape index (κ1) is 12.9. The predicted octanol–water partition coefficient (Wildman–Crippen LogP) is 2.43. The summed E-state index contributed by atoms with van der Waals surface area (Å²) in [5, 5.41) is 6.21. The number of anilines is 1. The summed E-state index contributed by atoms with van der Waals surface area (Å²) < 4.78 is 0. The number of amides is 1. The Balaban J connectivity index is 1.90. The monoisotopic (exact) mass is 247 g/mol. The Hall–Kier alpha value is -1.58.